The number of aliphatic hydroxyl groups excluding tert-OH is 3. The van der Waals surface area contributed by atoms with Gasteiger partial charge in [-0.2, -0.15) is 0 Å². The van der Waals surface area contributed by atoms with E-state index in [4.69, 9.17) is 10.5 Å². The molecule has 0 spiro atoms. The normalized spacial score (nSPS) is 49.9. The summed E-state index contributed by atoms with van der Waals surface area (Å²) in [5.41, 5.74) is 5.55. The van der Waals surface area contributed by atoms with Crippen molar-refractivity contribution in [2.45, 2.75) is 49.2 Å². The van der Waals surface area contributed by atoms with Gasteiger partial charge >= 0.3 is 0 Å². The van der Waals surface area contributed by atoms with E-state index in [2.05, 4.69) is 6.08 Å². The Bertz CT molecular complexity index is 314. The number of hydrogen-bond donors (Lipinski definition) is 4. The summed E-state index contributed by atoms with van der Waals surface area (Å²) in [7, 11) is 0. The molecule has 0 amide bonds. The fraction of sp³-hybridized carbons (Fsp3) is 0.833. The van der Waals surface area contributed by atoms with Crippen molar-refractivity contribution < 1.29 is 20.1 Å². The molecule has 1 fully saturated rings. The van der Waals surface area contributed by atoms with Gasteiger partial charge in [0.05, 0.1) is 0 Å². The molecular weight excluding hydrogens is 254 g/mol. The maximum absolute atomic E-state index is 9.98. The highest BCUT2D eigenvalue weighted by Gasteiger charge is 2.46. The minimum Gasteiger partial charge on any atom is -0.388 e. The van der Waals surface area contributed by atoms with Gasteiger partial charge in [-0.15, -0.1) is 11.8 Å². The number of nitrogens with two attached hydrogens (primary N) is 1. The summed E-state index contributed by atoms with van der Waals surface area (Å²) < 4.78 is 5.68. The van der Waals surface area contributed by atoms with Gasteiger partial charge in [-0.25, -0.2) is 0 Å². The molecule has 5 nitrogen and oxygen atoms in total. The van der Waals surface area contributed by atoms with Crippen LogP contribution in [0, 0.1) is 5.92 Å². The Kier molecular flexibility index (Phi) is 4.69. The summed E-state index contributed by atoms with van der Waals surface area (Å²) in [5.74, 6) is 0.853. The lowest BCUT2D eigenvalue weighted by molar-refractivity contribution is -0.204. The lowest BCUT2D eigenvalue weighted by Crippen LogP contribution is -2.62. The summed E-state index contributed by atoms with van der Waals surface area (Å²) in [4.78, 5) is 0. The fourth-order valence-corrected chi connectivity index (χ4v) is 3.39. The molecular formula is C12H21NO4S. The van der Waals surface area contributed by atoms with Crippen LogP contribution >= 0.6 is 11.8 Å². The van der Waals surface area contributed by atoms with Crippen LogP contribution in [0.1, 0.15) is 13.3 Å². The van der Waals surface area contributed by atoms with Crippen LogP contribution in [0.15, 0.2) is 12.2 Å². The number of fused-ring (bicyclic) bond motifs is 2. The molecule has 5 N–H and O–H groups in total. The summed E-state index contributed by atoms with van der Waals surface area (Å²) in [5, 5.41) is 29.7. The zero-order chi connectivity index (χ0) is 13.3. The average molecular weight is 275 g/mol. The maximum Gasteiger partial charge on any atom is 0.132 e. The van der Waals surface area contributed by atoms with E-state index in [1.165, 1.54) is 11.8 Å². The quantitative estimate of drug-likeness (QED) is 0.443. The Morgan fingerprint density at radius 2 is 1.94 bits per heavy atom. The topological polar surface area (TPSA) is 95.9 Å². The molecule has 2 bridgehead atoms. The van der Waals surface area contributed by atoms with E-state index in [-0.39, 0.29) is 5.92 Å². The number of aliphatic hydroxyl groups is 3. The second-order valence-corrected chi connectivity index (χ2v) is 6.17. The van der Waals surface area contributed by atoms with E-state index in [1.807, 2.05) is 13.0 Å². The lowest BCUT2D eigenvalue weighted by atomic mass is 9.88. The van der Waals surface area contributed by atoms with Crippen molar-refractivity contribution in [2.24, 2.45) is 11.7 Å². The Balaban J connectivity index is 2.22. The minimum absolute atomic E-state index is 0.0517. The number of allylic oxidation sites excluding steroid dienone is 1. The molecule has 0 saturated carbocycles. The summed E-state index contributed by atoms with van der Waals surface area (Å²) in [6.45, 7) is 1.96. The second kappa shape index (κ2) is 5.90. The molecule has 2 rings (SSSR count). The molecule has 0 aromatic carbocycles. The van der Waals surface area contributed by atoms with Crippen LogP contribution in [-0.4, -0.2) is 57.0 Å². The zero-order valence-electron chi connectivity index (χ0n) is 10.3. The third-order valence-electron chi connectivity index (χ3n) is 3.60. The second-order valence-electron chi connectivity index (χ2n) is 4.96. The number of rotatable bonds is 0. The first-order valence-corrected chi connectivity index (χ1v) is 7.30. The van der Waals surface area contributed by atoms with E-state index < -0.39 is 35.9 Å². The highest BCUT2D eigenvalue weighted by atomic mass is 32.2. The van der Waals surface area contributed by atoms with Gasteiger partial charge in [0.1, 0.15) is 29.9 Å². The first-order valence-electron chi connectivity index (χ1n) is 6.26. The van der Waals surface area contributed by atoms with Crippen molar-refractivity contribution in [1.82, 2.24) is 0 Å². The lowest BCUT2D eigenvalue weighted by Gasteiger charge is -2.43. The summed E-state index contributed by atoms with van der Waals surface area (Å²) in [6.07, 6.45) is 0.862. The number of ether oxygens (including phenoxy) is 1. The molecule has 104 valence electrons. The third-order valence-corrected chi connectivity index (χ3v) is 4.79. The molecule has 0 unspecified atom stereocenters. The highest BCUT2D eigenvalue weighted by molar-refractivity contribution is 7.99. The first-order chi connectivity index (χ1) is 8.52. The molecule has 2 aliphatic rings. The molecule has 1 saturated heterocycles. The van der Waals surface area contributed by atoms with Gasteiger partial charge in [0.25, 0.3) is 0 Å². The van der Waals surface area contributed by atoms with Gasteiger partial charge in [0, 0.05) is 6.04 Å². The van der Waals surface area contributed by atoms with Gasteiger partial charge in [-0.3, -0.25) is 0 Å². The highest BCUT2D eigenvalue weighted by Crippen LogP contribution is 2.32. The Morgan fingerprint density at radius 1 is 1.22 bits per heavy atom. The van der Waals surface area contributed by atoms with Crippen LogP contribution in [0.4, 0.5) is 0 Å². The molecule has 0 aromatic heterocycles. The molecule has 6 heteroatoms. The summed E-state index contributed by atoms with van der Waals surface area (Å²) >= 11 is 1.44. The zero-order valence-corrected chi connectivity index (χ0v) is 11.2. The Hall–Kier alpha value is -0.110. The minimum atomic E-state index is -1.21. The van der Waals surface area contributed by atoms with E-state index in [9.17, 15) is 15.3 Å². The van der Waals surface area contributed by atoms with Crippen LogP contribution in [0.2, 0.25) is 0 Å². The molecule has 0 aliphatic carbocycles. The monoisotopic (exact) mass is 275 g/mol. The fourth-order valence-electron chi connectivity index (χ4n) is 2.32. The van der Waals surface area contributed by atoms with Crippen LogP contribution in [0.5, 0.6) is 0 Å². The molecule has 0 radical (unpaired) electrons. The molecule has 2 heterocycles. The van der Waals surface area contributed by atoms with E-state index >= 15 is 0 Å². The Morgan fingerprint density at radius 3 is 2.67 bits per heavy atom. The van der Waals surface area contributed by atoms with Gasteiger partial charge in [0.15, 0.2) is 0 Å². The maximum atomic E-state index is 9.98. The van der Waals surface area contributed by atoms with Crippen LogP contribution in [0.3, 0.4) is 0 Å². The standard InChI is InChI=1S/C12H21NO4S/c1-6-4-2-3-5-18-12-10(16)8(14)9(15)11(17-12)7(6)13/h2,4,6-12,14-16H,3,5,13H2,1H3/t6-,7-,8+,9-,10-,11-,12-/m1/s1. The predicted octanol–water partition coefficient (Wildman–Crippen LogP) is -0.550. The average Bonchev–Trinajstić information content (AvgIpc) is 2.36. The summed E-state index contributed by atoms with van der Waals surface area (Å²) in [6, 6.07) is -0.403. The SMILES string of the molecule is C[C@@H]1C=CCCS[C@H]2O[C@H]([C@@H]1N)[C@H](O)[C@H](O)[C@H]2O. The van der Waals surface area contributed by atoms with Crippen molar-refractivity contribution in [2.75, 3.05) is 5.75 Å². The van der Waals surface area contributed by atoms with Crippen molar-refractivity contribution in [3.8, 4) is 0 Å². The number of hydrogen-bond acceptors (Lipinski definition) is 6. The van der Waals surface area contributed by atoms with Gasteiger partial charge < -0.3 is 25.8 Å². The van der Waals surface area contributed by atoms with Crippen LogP contribution < -0.4 is 5.73 Å². The van der Waals surface area contributed by atoms with E-state index in [0.29, 0.717) is 0 Å². The van der Waals surface area contributed by atoms with Gasteiger partial charge in [-0.1, -0.05) is 19.1 Å². The van der Waals surface area contributed by atoms with Crippen molar-refractivity contribution in [3.63, 3.8) is 0 Å². The smallest absolute Gasteiger partial charge is 0.132 e. The van der Waals surface area contributed by atoms with E-state index in [1.54, 1.807) is 0 Å². The Labute approximate surface area is 111 Å². The molecule has 18 heavy (non-hydrogen) atoms. The van der Waals surface area contributed by atoms with Crippen molar-refractivity contribution >= 4 is 11.8 Å². The van der Waals surface area contributed by atoms with E-state index in [0.717, 1.165) is 12.2 Å². The molecule has 0 aromatic rings. The first kappa shape index (κ1) is 14.3. The van der Waals surface area contributed by atoms with Crippen LogP contribution in [0.25, 0.3) is 0 Å². The molecule has 2 aliphatic heterocycles. The van der Waals surface area contributed by atoms with Gasteiger partial charge in [0.2, 0.25) is 0 Å². The number of thioether (sulfide) groups is 1. The third kappa shape index (κ3) is 2.74. The largest absolute Gasteiger partial charge is 0.388 e. The van der Waals surface area contributed by atoms with Crippen LogP contribution in [-0.2, 0) is 4.74 Å². The van der Waals surface area contributed by atoms with Gasteiger partial charge in [-0.05, 0) is 18.1 Å². The predicted molar refractivity (Wildman–Crippen MR) is 70.0 cm³/mol. The van der Waals surface area contributed by atoms with Crippen molar-refractivity contribution in [1.29, 1.82) is 0 Å². The van der Waals surface area contributed by atoms with Crippen molar-refractivity contribution in [3.05, 3.63) is 12.2 Å². The molecule has 7 atom stereocenters.